The molecule has 1 amide bonds. The molecule has 26 heavy (non-hydrogen) atoms. The van der Waals surface area contributed by atoms with Crippen molar-refractivity contribution in [1.82, 2.24) is 14.8 Å². The van der Waals surface area contributed by atoms with Crippen molar-refractivity contribution in [2.75, 3.05) is 18.2 Å². The number of thioether (sulfide) groups is 1. The summed E-state index contributed by atoms with van der Waals surface area (Å²) >= 11 is 7.33. The van der Waals surface area contributed by atoms with Crippen molar-refractivity contribution in [2.24, 2.45) is 0 Å². The number of nitrogens with zero attached hydrogens (tertiary/aromatic N) is 3. The standard InChI is InChI=1S/C18H17ClN4O2S/c1-12-6-7-16(25-2)15(8-12)21-17(24)10-26-18-22-20-11-23(18)14-5-3-4-13(19)9-14/h3-9,11H,10H2,1-2H3,(H,21,24). The second kappa shape index (κ2) is 8.25. The van der Waals surface area contributed by atoms with Crippen LogP contribution in [-0.2, 0) is 4.79 Å². The summed E-state index contributed by atoms with van der Waals surface area (Å²) in [7, 11) is 1.57. The topological polar surface area (TPSA) is 69.0 Å². The summed E-state index contributed by atoms with van der Waals surface area (Å²) in [4.78, 5) is 12.3. The van der Waals surface area contributed by atoms with Crippen molar-refractivity contribution < 1.29 is 9.53 Å². The number of hydrogen-bond acceptors (Lipinski definition) is 5. The van der Waals surface area contributed by atoms with Gasteiger partial charge < -0.3 is 10.1 Å². The van der Waals surface area contributed by atoms with Crippen molar-refractivity contribution in [3.63, 3.8) is 0 Å². The monoisotopic (exact) mass is 388 g/mol. The zero-order valence-electron chi connectivity index (χ0n) is 14.3. The number of nitrogens with one attached hydrogen (secondary N) is 1. The molecule has 0 bridgehead atoms. The van der Waals surface area contributed by atoms with Gasteiger partial charge in [-0.2, -0.15) is 0 Å². The van der Waals surface area contributed by atoms with Crippen LogP contribution >= 0.6 is 23.4 Å². The number of anilines is 1. The molecular formula is C18H17ClN4O2S. The molecule has 6 nitrogen and oxygen atoms in total. The first-order chi connectivity index (χ1) is 12.6. The Hall–Kier alpha value is -2.51. The van der Waals surface area contributed by atoms with E-state index in [1.807, 2.05) is 43.3 Å². The molecule has 0 unspecified atom stereocenters. The molecule has 0 atom stereocenters. The van der Waals surface area contributed by atoms with E-state index in [2.05, 4.69) is 15.5 Å². The zero-order chi connectivity index (χ0) is 18.5. The Morgan fingerprint density at radius 2 is 2.15 bits per heavy atom. The smallest absolute Gasteiger partial charge is 0.234 e. The summed E-state index contributed by atoms with van der Waals surface area (Å²) in [6.07, 6.45) is 1.59. The van der Waals surface area contributed by atoms with Crippen molar-refractivity contribution in [1.29, 1.82) is 0 Å². The number of rotatable bonds is 6. The van der Waals surface area contributed by atoms with Gasteiger partial charge in [0, 0.05) is 5.02 Å². The lowest BCUT2D eigenvalue weighted by molar-refractivity contribution is -0.113. The van der Waals surface area contributed by atoms with Gasteiger partial charge in [-0.3, -0.25) is 9.36 Å². The summed E-state index contributed by atoms with van der Waals surface area (Å²) < 4.78 is 7.07. The van der Waals surface area contributed by atoms with Crippen molar-refractivity contribution in [2.45, 2.75) is 12.1 Å². The normalized spacial score (nSPS) is 10.6. The fraction of sp³-hybridized carbons (Fsp3) is 0.167. The van der Waals surface area contributed by atoms with Gasteiger partial charge in [0.15, 0.2) is 5.16 Å². The molecule has 0 aliphatic rings. The van der Waals surface area contributed by atoms with Crippen LogP contribution in [0.2, 0.25) is 5.02 Å². The summed E-state index contributed by atoms with van der Waals surface area (Å²) in [5.74, 6) is 0.659. The largest absolute Gasteiger partial charge is 0.495 e. The highest BCUT2D eigenvalue weighted by atomic mass is 35.5. The van der Waals surface area contributed by atoms with E-state index in [-0.39, 0.29) is 11.7 Å². The number of carbonyl (C=O) groups excluding carboxylic acids is 1. The fourth-order valence-electron chi connectivity index (χ4n) is 2.36. The lowest BCUT2D eigenvalue weighted by atomic mass is 10.2. The molecule has 0 aliphatic heterocycles. The van der Waals surface area contributed by atoms with Crippen LogP contribution in [0, 0.1) is 6.92 Å². The third-order valence-electron chi connectivity index (χ3n) is 3.56. The molecule has 0 fully saturated rings. The fourth-order valence-corrected chi connectivity index (χ4v) is 3.28. The summed E-state index contributed by atoms with van der Waals surface area (Å²) in [6, 6.07) is 13.0. The van der Waals surface area contributed by atoms with Gasteiger partial charge in [-0.25, -0.2) is 0 Å². The number of halogens is 1. The first-order valence-corrected chi connectivity index (χ1v) is 9.16. The highest BCUT2D eigenvalue weighted by Gasteiger charge is 2.12. The van der Waals surface area contributed by atoms with Crippen molar-refractivity contribution in [3.8, 4) is 11.4 Å². The summed E-state index contributed by atoms with van der Waals surface area (Å²) in [5, 5.41) is 12.1. The van der Waals surface area contributed by atoms with Crippen molar-refractivity contribution in [3.05, 3.63) is 59.4 Å². The third kappa shape index (κ3) is 4.36. The lowest BCUT2D eigenvalue weighted by Gasteiger charge is -2.11. The maximum Gasteiger partial charge on any atom is 0.234 e. The lowest BCUT2D eigenvalue weighted by Crippen LogP contribution is -2.15. The Kier molecular flexibility index (Phi) is 5.80. The third-order valence-corrected chi connectivity index (χ3v) is 4.74. The average molecular weight is 389 g/mol. The highest BCUT2D eigenvalue weighted by molar-refractivity contribution is 7.99. The van der Waals surface area contributed by atoms with E-state index < -0.39 is 0 Å². The molecule has 3 rings (SSSR count). The van der Waals surface area contributed by atoms with Gasteiger partial charge in [0.1, 0.15) is 12.1 Å². The van der Waals surface area contributed by atoms with Crippen LogP contribution in [0.1, 0.15) is 5.56 Å². The zero-order valence-corrected chi connectivity index (χ0v) is 15.8. The minimum Gasteiger partial charge on any atom is -0.495 e. The Labute approximate surface area is 160 Å². The van der Waals surface area contributed by atoms with E-state index in [0.717, 1.165) is 11.3 Å². The number of ether oxygens (including phenoxy) is 1. The molecule has 1 N–H and O–H groups in total. The van der Waals surface area contributed by atoms with Gasteiger partial charge in [-0.05, 0) is 42.8 Å². The predicted octanol–water partition coefficient (Wildman–Crippen LogP) is 3.97. The number of benzene rings is 2. The molecule has 0 saturated heterocycles. The average Bonchev–Trinajstić information content (AvgIpc) is 3.09. The molecule has 0 aliphatic carbocycles. The molecule has 0 radical (unpaired) electrons. The predicted molar refractivity (Wildman–Crippen MR) is 103 cm³/mol. The van der Waals surface area contributed by atoms with E-state index in [1.54, 1.807) is 24.1 Å². The number of amides is 1. The Balaban J connectivity index is 1.68. The Bertz CT molecular complexity index is 929. The van der Waals surface area contributed by atoms with E-state index >= 15 is 0 Å². The highest BCUT2D eigenvalue weighted by Crippen LogP contribution is 2.26. The molecule has 2 aromatic carbocycles. The van der Waals surface area contributed by atoms with E-state index in [9.17, 15) is 4.79 Å². The van der Waals surface area contributed by atoms with Crippen LogP contribution in [0.15, 0.2) is 53.9 Å². The van der Waals surface area contributed by atoms with Gasteiger partial charge in [-0.1, -0.05) is 35.5 Å². The number of methoxy groups -OCH3 is 1. The van der Waals surface area contributed by atoms with Gasteiger partial charge in [0.05, 0.1) is 24.2 Å². The molecule has 0 saturated carbocycles. The molecular weight excluding hydrogens is 372 g/mol. The van der Waals surface area contributed by atoms with Gasteiger partial charge in [0.2, 0.25) is 5.91 Å². The van der Waals surface area contributed by atoms with Gasteiger partial charge in [0.25, 0.3) is 0 Å². The molecule has 134 valence electrons. The van der Waals surface area contributed by atoms with E-state index in [1.165, 1.54) is 11.8 Å². The Morgan fingerprint density at radius 3 is 2.92 bits per heavy atom. The molecule has 1 heterocycles. The maximum absolute atomic E-state index is 12.3. The summed E-state index contributed by atoms with van der Waals surface area (Å²) in [5.41, 5.74) is 2.52. The van der Waals surface area contributed by atoms with Crippen LogP contribution in [0.4, 0.5) is 5.69 Å². The first-order valence-electron chi connectivity index (χ1n) is 7.80. The van der Waals surface area contributed by atoms with Crippen LogP contribution in [0.3, 0.4) is 0 Å². The minimum atomic E-state index is -0.153. The second-order valence-electron chi connectivity index (χ2n) is 5.50. The molecule has 0 spiro atoms. The second-order valence-corrected chi connectivity index (χ2v) is 6.88. The van der Waals surface area contributed by atoms with Gasteiger partial charge >= 0.3 is 0 Å². The number of carbonyl (C=O) groups is 1. The van der Waals surface area contributed by atoms with E-state index in [0.29, 0.717) is 21.6 Å². The van der Waals surface area contributed by atoms with Crippen LogP contribution in [0.5, 0.6) is 5.75 Å². The van der Waals surface area contributed by atoms with Crippen molar-refractivity contribution >= 4 is 35.0 Å². The maximum atomic E-state index is 12.3. The number of aryl methyl sites for hydroxylation is 1. The quantitative estimate of drug-likeness (QED) is 0.647. The SMILES string of the molecule is COc1ccc(C)cc1NC(=O)CSc1nncn1-c1cccc(Cl)c1. The number of hydrogen-bond donors (Lipinski definition) is 1. The van der Waals surface area contributed by atoms with Crippen LogP contribution in [-0.4, -0.2) is 33.5 Å². The first kappa shape index (κ1) is 18.3. The molecule has 3 aromatic rings. The molecule has 1 aromatic heterocycles. The Morgan fingerprint density at radius 1 is 1.31 bits per heavy atom. The van der Waals surface area contributed by atoms with Gasteiger partial charge in [-0.15, -0.1) is 10.2 Å². The van der Waals surface area contributed by atoms with Crippen LogP contribution in [0.25, 0.3) is 5.69 Å². The molecule has 8 heteroatoms. The summed E-state index contributed by atoms with van der Waals surface area (Å²) in [6.45, 7) is 1.96. The minimum absolute atomic E-state index is 0.153. The van der Waals surface area contributed by atoms with Crippen LogP contribution < -0.4 is 10.1 Å². The number of aromatic nitrogens is 3. The van der Waals surface area contributed by atoms with E-state index in [4.69, 9.17) is 16.3 Å².